The second kappa shape index (κ2) is 4.15. The monoisotopic (exact) mass is 221 g/mol. The third-order valence-corrected chi connectivity index (χ3v) is 1.45. The molecule has 72 valence electrons. The number of pyridine rings is 1. The first-order valence-corrected chi connectivity index (χ1v) is 3.12. The molecule has 0 aliphatic carbocycles. The topological polar surface area (TPSA) is 93.6 Å². The number of imidazole rings is 1. The summed E-state index contributed by atoms with van der Waals surface area (Å²) in [6, 6.07) is 1.60. The molecule has 0 aliphatic heterocycles. The van der Waals surface area contributed by atoms with Crippen molar-refractivity contribution in [1.29, 1.82) is 0 Å². The first-order chi connectivity index (χ1) is 5.27. The summed E-state index contributed by atoms with van der Waals surface area (Å²) in [5, 5.41) is 0. The lowest BCUT2D eigenvalue weighted by atomic mass is 10.3. The number of rotatable bonds is 0. The lowest BCUT2D eigenvalue weighted by Crippen LogP contribution is -1.94. The van der Waals surface area contributed by atoms with Crippen LogP contribution in [0.25, 0.3) is 11.2 Å². The van der Waals surface area contributed by atoms with Crippen molar-refractivity contribution >= 4 is 47.5 Å². The Morgan fingerprint density at radius 2 is 1.92 bits per heavy atom. The number of hydrogen-bond donors (Lipinski definition) is 3. The van der Waals surface area contributed by atoms with Crippen LogP contribution in [0.4, 0.5) is 11.5 Å². The van der Waals surface area contributed by atoms with Gasteiger partial charge in [0.15, 0.2) is 5.65 Å². The summed E-state index contributed by atoms with van der Waals surface area (Å²) in [7, 11) is 0. The molecule has 13 heavy (non-hydrogen) atoms. The number of nitrogens with zero attached hydrogens (tertiary/aromatic N) is 2. The molecule has 2 aromatic heterocycles. The van der Waals surface area contributed by atoms with E-state index in [9.17, 15) is 0 Å². The molecular weight excluding hydrogens is 213 g/mol. The van der Waals surface area contributed by atoms with E-state index in [0.29, 0.717) is 17.2 Å². The van der Waals surface area contributed by atoms with Crippen LogP contribution in [-0.2, 0) is 0 Å². The molecule has 2 rings (SSSR count). The number of halogens is 2. The summed E-state index contributed by atoms with van der Waals surface area (Å²) >= 11 is 0. The first-order valence-electron chi connectivity index (χ1n) is 3.12. The Hall–Kier alpha value is -1.20. The first kappa shape index (κ1) is 11.8. The van der Waals surface area contributed by atoms with Crippen LogP contribution >= 0.6 is 24.8 Å². The minimum Gasteiger partial charge on any atom is -0.397 e. The predicted molar refractivity (Wildman–Crippen MR) is 57.2 cm³/mol. The zero-order valence-electron chi connectivity index (χ0n) is 6.52. The lowest BCUT2D eigenvalue weighted by Gasteiger charge is -1.95. The summed E-state index contributed by atoms with van der Waals surface area (Å²) in [6.45, 7) is 0. The highest BCUT2D eigenvalue weighted by molar-refractivity contribution is 5.86. The van der Waals surface area contributed by atoms with Crippen LogP contribution in [0.2, 0.25) is 0 Å². The third-order valence-electron chi connectivity index (χ3n) is 1.45. The van der Waals surface area contributed by atoms with Gasteiger partial charge in [-0.15, -0.1) is 24.8 Å². The van der Waals surface area contributed by atoms with Gasteiger partial charge < -0.3 is 16.5 Å². The number of aromatic amines is 1. The van der Waals surface area contributed by atoms with Gasteiger partial charge >= 0.3 is 0 Å². The van der Waals surface area contributed by atoms with Crippen molar-refractivity contribution in [2.24, 2.45) is 0 Å². The molecule has 0 fully saturated rings. The molecule has 2 aromatic rings. The zero-order chi connectivity index (χ0) is 7.84. The molecule has 0 bridgehead atoms. The average molecular weight is 222 g/mol. The number of anilines is 2. The molecule has 0 radical (unpaired) electrons. The fraction of sp³-hybridized carbons (Fsp3) is 0. The van der Waals surface area contributed by atoms with Crippen molar-refractivity contribution in [3.05, 3.63) is 12.4 Å². The van der Waals surface area contributed by atoms with E-state index >= 15 is 0 Å². The Bertz CT molecular complexity index is 399. The maximum Gasteiger partial charge on any atom is 0.181 e. The van der Waals surface area contributed by atoms with Gasteiger partial charge in [-0.2, -0.15) is 0 Å². The van der Waals surface area contributed by atoms with Crippen LogP contribution in [-0.4, -0.2) is 15.0 Å². The molecule has 0 atom stereocenters. The molecule has 5 N–H and O–H groups in total. The second-order valence-electron chi connectivity index (χ2n) is 2.24. The smallest absolute Gasteiger partial charge is 0.181 e. The lowest BCUT2D eigenvalue weighted by molar-refractivity contribution is 1.31. The Morgan fingerprint density at radius 1 is 1.23 bits per heavy atom. The molecule has 0 saturated carbocycles. The fourth-order valence-electron chi connectivity index (χ4n) is 0.970. The number of nitrogens with one attached hydrogen (secondary N) is 1. The van der Waals surface area contributed by atoms with E-state index in [1.54, 1.807) is 6.07 Å². The predicted octanol–water partition coefficient (Wildman–Crippen LogP) is 0.966. The molecular formula is C6H9Cl2N5. The summed E-state index contributed by atoms with van der Waals surface area (Å²) in [6.07, 6.45) is 1.54. The van der Waals surface area contributed by atoms with E-state index < -0.39 is 0 Å². The molecule has 0 aromatic carbocycles. The highest BCUT2D eigenvalue weighted by Gasteiger charge is 2.01. The Kier molecular flexibility index (Phi) is 3.77. The van der Waals surface area contributed by atoms with E-state index in [0.717, 1.165) is 5.52 Å². The van der Waals surface area contributed by atoms with Gasteiger partial charge in [-0.25, -0.2) is 9.97 Å². The normalized spacial score (nSPS) is 8.92. The van der Waals surface area contributed by atoms with Crippen LogP contribution in [0.5, 0.6) is 0 Å². The number of hydrogen-bond acceptors (Lipinski definition) is 4. The molecule has 0 unspecified atom stereocenters. The minimum atomic E-state index is 0. The van der Waals surface area contributed by atoms with Crippen LogP contribution in [0.1, 0.15) is 0 Å². The largest absolute Gasteiger partial charge is 0.397 e. The molecule has 0 spiro atoms. The zero-order valence-corrected chi connectivity index (χ0v) is 8.15. The van der Waals surface area contributed by atoms with E-state index in [1.807, 2.05) is 0 Å². The van der Waals surface area contributed by atoms with Crippen molar-refractivity contribution in [3.63, 3.8) is 0 Å². The highest BCUT2D eigenvalue weighted by Crippen LogP contribution is 2.16. The SMILES string of the molecule is Cl.Cl.Nc1cc(N)c2[nH]cnc2n1. The second-order valence-corrected chi connectivity index (χ2v) is 2.24. The molecule has 0 aliphatic rings. The molecule has 2 heterocycles. The van der Waals surface area contributed by atoms with Crippen molar-refractivity contribution in [2.45, 2.75) is 0 Å². The maximum absolute atomic E-state index is 5.61. The quantitative estimate of drug-likeness (QED) is 0.618. The Labute approximate surface area is 86.7 Å². The standard InChI is InChI=1S/C6H7N5.2ClH/c7-3-1-4(8)11-6-5(3)9-2-10-6;;/h1-2H,(H5,7,8,9,10,11);2*1H. The van der Waals surface area contributed by atoms with Gasteiger partial charge in [0.25, 0.3) is 0 Å². The van der Waals surface area contributed by atoms with Gasteiger partial charge in [-0.1, -0.05) is 0 Å². The van der Waals surface area contributed by atoms with Gasteiger partial charge in [-0.3, -0.25) is 0 Å². The van der Waals surface area contributed by atoms with Gasteiger partial charge in [0.05, 0.1) is 12.0 Å². The van der Waals surface area contributed by atoms with Gasteiger partial charge in [0.2, 0.25) is 0 Å². The molecule has 7 heteroatoms. The number of H-pyrrole nitrogens is 1. The van der Waals surface area contributed by atoms with Crippen molar-refractivity contribution in [1.82, 2.24) is 15.0 Å². The Balaban J connectivity index is 0.000000720. The summed E-state index contributed by atoms with van der Waals surface area (Å²) in [5.41, 5.74) is 12.9. The molecule has 5 nitrogen and oxygen atoms in total. The van der Waals surface area contributed by atoms with E-state index in [-0.39, 0.29) is 24.8 Å². The van der Waals surface area contributed by atoms with Crippen molar-refractivity contribution in [2.75, 3.05) is 11.5 Å². The minimum absolute atomic E-state index is 0. The summed E-state index contributed by atoms with van der Waals surface area (Å²) < 4.78 is 0. The average Bonchev–Trinajstić information content (AvgIpc) is 2.34. The number of aromatic nitrogens is 3. The van der Waals surface area contributed by atoms with Crippen molar-refractivity contribution < 1.29 is 0 Å². The van der Waals surface area contributed by atoms with Crippen LogP contribution in [0, 0.1) is 0 Å². The Morgan fingerprint density at radius 3 is 2.62 bits per heavy atom. The van der Waals surface area contributed by atoms with Crippen LogP contribution in [0.3, 0.4) is 0 Å². The van der Waals surface area contributed by atoms with Gasteiger partial charge in [0.1, 0.15) is 11.3 Å². The van der Waals surface area contributed by atoms with E-state index in [1.165, 1.54) is 6.33 Å². The van der Waals surface area contributed by atoms with Crippen LogP contribution < -0.4 is 11.5 Å². The molecule has 0 saturated heterocycles. The summed E-state index contributed by atoms with van der Waals surface area (Å²) in [5.74, 6) is 0.391. The van der Waals surface area contributed by atoms with E-state index in [2.05, 4.69) is 15.0 Å². The third kappa shape index (κ3) is 1.93. The number of nitrogen functional groups attached to an aromatic ring is 2. The summed E-state index contributed by atoms with van der Waals surface area (Å²) in [4.78, 5) is 10.7. The van der Waals surface area contributed by atoms with Gasteiger partial charge in [0, 0.05) is 6.07 Å². The molecule has 0 amide bonds. The number of nitrogens with two attached hydrogens (primary N) is 2. The van der Waals surface area contributed by atoms with Gasteiger partial charge in [-0.05, 0) is 0 Å². The number of fused-ring (bicyclic) bond motifs is 1. The highest BCUT2D eigenvalue weighted by atomic mass is 35.5. The van der Waals surface area contributed by atoms with E-state index in [4.69, 9.17) is 11.5 Å². The van der Waals surface area contributed by atoms with Crippen molar-refractivity contribution in [3.8, 4) is 0 Å². The van der Waals surface area contributed by atoms with Crippen LogP contribution in [0.15, 0.2) is 12.4 Å². The fourth-order valence-corrected chi connectivity index (χ4v) is 0.970. The maximum atomic E-state index is 5.61.